The third-order valence-electron chi connectivity index (χ3n) is 2.89. The predicted molar refractivity (Wildman–Crippen MR) is 81.9 cm³/mol. The molecule has 0 bridgehead atoms. The minimum Gasteiger partial charge on any atom is -0.493 e. The van der Waals surface area contributed by atoms with Crippen LogP contribution in [0.25, 0.3) is 0 Å². The molecule has 0 aliphatic heterocycles. The fourth-order valence-corrected chi connectivity index (χ4v) is 1.82. The van der Waals surface area contributed by atoms with Gasteiger partial charge in [-0.05, 0) is 26.0 Å². The molecule has 0 saturated carbocycles. The highest BCUT2D eigenvalue weighted by Gasteiger charge is 2.14. The number of nitrogen functional groups attached to an aromatic ring is 1. The number of carbonyl (C=O) groups excluding carboxylic acids is 2. The maximum atomic E-state index is 12.0. The first-order valence-corrected chi connectivity index (χ1v) is 7.09. The molecule has 0 fully saturated rings. The van der Waals surface area contributed by atoms with E-state index in [1.54, 1.807) is 24.3 Å². The van der Waals surface area contributed by atoms with E-state index >= 15 is 0 Å². The number of nitrogens with two attached hydrogens (primary N) is 1. The molecule has 21 heavy (non-hydrogen) atoms. The van der Waals surface area contributed by atoms with Crippen LogP contribution in [0, 0.1) is 0 Å². The Bertz CT molecular complexity index is 477. The van der Waals surface area contributed by atoms with Crippen molar-refractivity contribution in [1.29, 1.82) is 0 Å². The van der Waals surface area contributed by atoms with Gasteiger partial charge in [0, 0.05) is 24.8 Å². The van der Waals surface area contributed by atoms with Gasteiger partial charge >= 0.3 is 0 Å². The number of nitrogens with one attached hydrogen (secondary N) is 1. The van der Waals surface area contributed by atoms with Crippen LogP contribution in [-0.4, -0.2) is 43.0 Å². The van der Waals surface area contributed by atoms with Crippen molar-refractivity contribution in [1.82, 2.24) is 10.2 Å². The van der Waals surface area contributed by atoms with Gasteiger partial charge in [-0.2, -0.15) is 0 Å². The van der Waals surface area contributed by atoms with Crippen LogP contribution >= 0.6 is 0 Å². The number of likely N-dealkylation sites (N-methyl/N-ethyl adjacent to an activating group) is 2. The van der Waals surface area contributed by atoms with Gasteiger partial charge in [-0.15, -0.1) is 0 Å². The van der Waals surface area contributed by atoms with E-state index in [1.807, 2.05) is 13.8 Å². The number of benzene rings is 1. The predicted octanol–water partition coefficient (Wildman–Crippen LogP) is 1.02. The molecular weight excluding hydrogens is 270 g/mol. The lowest BCUT2D eigenvalue weighted by Crippen LogP contribution is -2.40. The second kappa shape index (κ2) is 8.84. The quantitative estimate of drug-likeness (QED) is 0.701. The third kappa shape index (κ3) is 6.16. The molecule has 1 aromatic rings. The lowest BCUT2D eigenvalue weighted by Gasteiger charge is -2.20. The van der Waals surface area contributed by atoms with Crippen molar-refractivity contribution < 1.29 is 14.3 Å². The van der Waals surface area contributed by atoms with Crippen molar-refractivity contribution in [3.8, 4) is 5.75 Å². The molecule has 0 saturated heterocycles. The molecule has 1 aromatic carbocycles. The molecule has 2 amide bonds. The van der Waals surface area contributed by atoms with E-state index in [9.17, 15) is 9.59 Å². The van der Waals surface area contributed by atoms with Crippen LogP contribution < -0.4 is 15.8 Å². The Kier molecular flexibility index (Phi) is 7.08. The average molecular weight is 293 g/mol. The smallest absolute Gasteiger partial charge is 0.239 e. The average Bonchev–Trinajstić information content (AvgIpc) is 2.45. The van der Waals surface area contributed by atoms with Crippen molar-refractivity contribution in [2.24, 2.45) is 0 Å². The molecule has 0 unspecified atom stereocenters. The molecule has 6 heteroatoms. The first-order chi connectivity index (χ1) is 10.1. The molecule has 0 atom stereocenters. The van der Waals surface area contributed by atoms with E-state index in [0.717, 1.165) is 0 Å². The minimum absolute atomic E-state index is 0.0848. The fraction of sp³-hybridized carbons (Fsp3) is 0.467. The van der Waals surface area contributed by atoms with E-state index in [1.165, 1.54) is 4.90 Å². The fourth-order valence-electron chi connectivity index (χ4n) is 1.82. The molecule has 1 rings (SSSR count). The van der Waals surface area contributed by atoms with Crippen molar-refractivity contribution in [2.45, 2.75) is 20.3 Å². The van der Waals surface area contributed by atoms with E-state index in [0.29, 0.717) is 24.5 Å². The Balaban J connectivity index is 2.38. The molecule has 0 aromatic heterocycles. The maximum absolute atomic E-state index is 12.0. The van der Waals surface area contributed by atoms with Crippen LogP contribution in [0.15, 0.2) is 24.3 Å². The summed E-state index contributed by atoms with van der Waals surface area (Å²) in [5, 5.41) is 2.68. The Morgan fingerprint density at radius 3 is 2.71 bits per heavy atom. The van der Waals surface area contributed by atoms with Crippen LogP contribution in [0.2, 0.25) is 0 Å². The molecule has 0 radical (unpaired) electrons. The van der Waals surface area contributed by atoms with Crippen LogP contribution in [0.4, 0.5) is 5.69 Å². The summed E-state index contributed by atoms with van der Waals surface area (Å²) in [6, 6.07) is 7.05. The minimum atomic E-state index is -0.149. The Morgan fingerprint density at radius 2 is 2.10 bits per heavy atom. The van der Waals surface area contributed by atoms with Gasteiger partial charge in [0.1, 0.15) is 5.75 Å². The van der Waals surface area contributed by atoms with Crippen LogP contribution in [-0.2, 0) is 9.59 Å². The lowest BCUT2D eigenvalue weighted by atomic mass is 10.3. The number of amides is 2. The summed E-state index contributed by atoms with van der Waals surface area (Å²) in [7, 11) is 0. The largest absolute Gasteiger partial charge is 0.493 e. The molecule has 0 heterocycles. The normalized spacial score (nSPS) is 10.0. The molecule has 6 nitrogen and oxygen atoms in total. The summed E-state index contributed by atoms with van der Waals surface area (Å²) in [4.78, 5) is 25.0. The Labute approximate surface area is 125 Å². The van der Waals surface area contributed by atoms with E-state index in [2.05, 4.69) is 5.32 Å². The van der Waals surface area contributed by atoms with Crippen molar-refractivity contribution >= 4 is 17.5 Å². The zero-order chi connectivity index (χ0) is 15.7. The Hall–Kier alpha value is -2.24. The second-order valence-corrected chi connectivity index (χ2v) is 4.53. The van der Waals surface area contributed by atoms with Gasteiger partial charge in [-0.3, -0.25) is 9.59 Å². The lowest BCUT2D eigenvalue weighted by molar-refractivity contribution is -0.136. The third-order valence-corrected chi connectivity index (χ3v) is 2.89. The topological polar surface area (TPSA) is 84.7 Å². The monoisotopic (exact) mass is 293 g/mol. The summed E-state index contributed by atoms with van der Waals surface area (Å²) in [6.45, 7) is 5.08. The number of hydrogen-bond acceptors (Lipinski definition) is 4. The number of hydrogen-bond donors (Lipinski definition) is 2. The molecule has 0 aliphatic rings. The number of nitrogens with zero attached hydrogens (tertiary/aromatic N) is 1. The van der Waals surface area contributed by atoms with E-state index in [-0.39, 0.29) is 31.4 Å². The van der Waals surface area contributed by atoms with E-state index in [4.69, 9.17) is 10.5 Å². The summed E-state index contributed by atoms with van der Waals surface area (Å²) in [5.41, 5.74) is 6.26. The zero-order valence-corrected chi connectivity index (χ0v) is 12.6. The SMILES string of the molecule is CCNC(=O)CN(CC)C(=O)CCOc1cccc(N)c1. The second-order valence-electron chi connectivity index (χ2n) is 4.53. The molecule has 3 N–H and O–H groups in total. The van der Waals surface area contributed by atoms with Gasteiger partial charge in [0.05, 0.1) is 19.6 Å². The first-order valence-electron chi connectivity index (χ1n) is 7.09. The van der Waals surface area contributed by atoms with Gasteiger partial charge in [-0.1, -0.05) is 6.07 Å². The zero-order valence-electron chi connectivity index (χ0n) is 12.6. The van der Waals surface area contributed by atoms with Gasteiger partial charge in [0.25, 0.3) is 0 Å². The first kappa shape index (κ1) is 16.8. The van der Waals surface area contributed by atoms with Gasteiger partial charge < -0.3 is 20.7 Å². The van der Waals surface area contributed by atoms with Crippen molar-refractivity contribution in [2.75, 3.05) is 32.0 Å². The van der Waals surface area contributed by atoms with Crippen LogP contribution in [0.5, 0.6) is 5.75 Å². The summed E-state index contributed by atoms with van der Waals surface area (Å²) in [6.07, 6.45) is 0.224. The number of rotatable bonds is 8. The molecule has 0 aliphatic carbocycles. The van der Waals surface area contributed by atoms with E-state index < -0.39 is 0 Å². The standard InChI is InChI=1S/C15H23N3O3/c1-3-17-14(19)11-18(4-2)15(20)8-9-21-13-7-5-6-12(16)10-13/h5-7,10H,3-4,8-9,11,16H2,1-2H3,(H,17,19). The van der Waals surface area contributed by atoms with Gasteiger partial charge in [0.2, 0.25) is 11.8 Å². The summed E-state index contributed by atoms with van der Waals surface area (Å²) in [5.74, 6) is 0.381. The number of carbonyl (C=O) groups is 2. The molecule has 0 spiro atoms. The highest BCUT2D eigenvalue weighted by atomic mass is 16.5. The molecular formula is C15H23N3O3. The number of anilines is 1. The molecule has 116 valence electrons. The Morgan fingerprint density at radius 1 is 1.33 bits per heavy atom. The highest BCUT2D eigenvalue weighted by Crippen LogP contribution is 2.14. The van der Waals surface area contributed by atoms with Crippen molar-refractivity contribution in [3.05, 3.63) is 24.3 Å². The van der Waals surface area contributed by atoms with Crippen LogP contribution in [0.1, 0.15) is 20.3 Å². The van der Waals surface area contributed by atoms with Crippen molar-refractivity contribution in [3.63, 3.8) is 0 Å². The highest BCUT2D eigenvalue weighted by molar-refractivity contribution is 5.84. The summed E-state index contributed by atoms with van der Waals surface area (Å²) >= 11 is 0. The van der Waals surface area contributed by atoms with Gasteiger partial charge in [-0.25, -0.2) is 0 Å². The summed E-state index contributed by atoms with van der Waals surface area (Å²) < 4.78 is 5.48. The maximum Gasteiger partial charge on any atom is 0.239 e. The van der Waals surface area contributed by atoms with Crippen LogP contribution in [0.3, 0.4) is 0 Å². The van der Waals surface area contributed by atoms with Gasteiger partial charge in [0.15, 0.2) is 0 Å². The number of ether oxygens (including phenoxy) is 1.